The van der Waals surface area contributed by atoms with E-state index in [1.165, 1.54) is 37.8 Å². The molecule has 0 radical (unpaired) electrons. The molecule has 0 fully saturated rings. The third-order valence-corrected chi connectivity index (χ3v) is 4.67. The molecule has 0 aliphatic carbocycles. The lowest BCUT2D eigenvalue weighted by molar-refractivity contribution is 0.354. The highest BCUT2D eigenvalue weighted by atomic mass is 31.0. The molecule has 4 unspecified atom stereocenters. The monoisotopic (exact) mass is 257 g/mol. The van der Waals surface area contributed by atoms with Gasteiger partial charge in [0, 0.05) is 11.7 Å². The van der Waals surface area contributed by atoms with E-state index >= 15 is 0 Å². The number of rotatable bonds is 10. The van der Waals surface area contributed by atoms with E-state index in [9.17, 15) is 0 Å². The van der Waals surface area contributed by atoms with Crippen molar-refractivity contribution < 1.29 is 0 Å². The van der Waals surface area contributed by atoms with Crippen LogP contribution in [0.5, 0.6) is 0 Å². The van der Waals surface area contributed by atoms with E-state index in [4.69, 9.17) is 0 Å². The molecule has 0 aliphatic rings. The Labute approximate surface area is 111 Å². The van der Waals surface area contributed by atoms with Gasteiger partial charge in [0.1, 0.15) is 0 Å². The van der Waals surface area contributed by atoms with Crippen LogP contribution in [0.3, 0.4) is 0 Å². The summed E-state index contributed by atoms with van der Waals surface area (Å²) in [6, 6.07) is 0.594. The van der Waals surface area contributed by atoms with Gasteiger partial charge in [-0.2, -0.15) is 0 Å². The first-order chi connectivity index (χ1) is 8.06. The van der Waals surface area contributed by atoms with Crippen molar-refractivity contribution >= 4 is 9.24 Å². The third-order valence-electron chi connectivity index (χ3n) is 3.59. The molecule has 2 heteroatoms. The number of hydrogen-bond donors (Lipinski definition) is 1. The van der Waals surface area contributed by atoms with Crippen LogP contribution in [0.25, 0.3) is 0 Å². The highest BCUT2D eigenvalue weighted by molar-refractivity contribution is 7.17. The molecule has 0 amide bonds. The summed E-state index contributed by atoms with van der Waals surface area (Å²) in [6.07, 6.45) is 7.37. The van der Waals surface area contributed by atoms with Crippen LogP contribution >= 0.6 is 9.24 Å². The minimum atomic E-state index is 0.594. The van der Waals surface area contributed by atoms with E-state index < -0.39 is 0 Å². The predicted molar refractivity (Wildman–Crippen MR) is 83.4 cm³/mol. The third kappa shape index (κ3) is 7.09. The standard InChI is InChI=1S/C15H32NP/c1-6-9-11-14(13(5)15(17)8-3)16-12(4)10-7-2/h13-16H,4,6-11,17H2,1-3,5H3. The van der Waals surface area contributed by atoms with Crippen molar-refractivity contribution in [1.29, 1.82) is 0 Å². The fourth-order valence-corrected chi connectivity index (χ4v) is 2.47. The Morgan fingerprint density at radius 3 is 2.35 bits per heavy atom. The summed E-state index contributed by atoms with van der Waals surface area (Å²) in [5.74, 6) is 0.699. The maximum atomic E-state index is 4.14. The van der Waals surface area contributed by atoms with Crippen molar-refractivity contribution in [3.05, 3.63) is 12.3 Å². The largest absolute Gasteiger partial charge is 0.386 e. The van der Waals surface area contributed by atoms with Crippen LogP contribution < -0.4 is 5.32 Å². The summed E-state index contributed by atoms with van der Waals surface area (Å²) >= 11 is 0. The number of allylic oxidation sites excluding steroid dienone is 1. The summed E-state index contributed by atoms with van der Waals surface area (Å²) < 4.78 is 0. The molecule has 0 bridgehead atoms. The summed E-state index contributed by atoms with van der Waals surface area (Å²) in [7, 11) is 3.00. The van der Waals surface area contributed by atoms with Crippen LogP contribution in [0.2, 0.25) is 0 Å². The highest BCUT2D eigenvalue weighted by Crippen LogP contribution is 2.23. The molecule has 1 N–H and O–H groups in total. The lowest BCUT2D eigenvalue weighted by atomic mass is 9.92. The van der Waals surface area contributed by atoms with Crippen molar-refractivity contribution in [2.75, 3.05) is 0 Å². The van der Waals surface area contributed by atoms with Gasteiger partial charge in [-0.05, 0) is 30.8 Å². The average Bonchev–Trinajstić information content (AvgIpc) is 2.32. The van der Waals surface area contributed by atoms with E-state index in [0.717, 1.165) is 6.42 Å². The van der Waals surface area contributed by atoms with E-state index in [-0.39, 0.29) is 0 Å². The van der Waals surface area contributed by atoms with Crippen molar-refractivity contribution in [2.45, 2.75) is 77.9 Å². The topological polar surface area (TPSA) is 12.0 Å². The first-order valence-corrected chi connectivity index (χ1v) is 7.93. The van der Waals surface area contributed by atoms with Crippen LogP contribution in [0, 0.1) is 5.92 Å². The lowest BCUT2D eigenvalue weighted by Gasteiger charge is -2.30. The Morgan fingerprint density at radius 2 is 1.88 bits per heavy atom. The second kappa shape index (κ2) is 9.95. The van der Waals surface area contributed by atoms with Crippen LogP contribution in [0.1, 0.15) is 66.2 Å². The zero-order valence-electron chi connectivity index (χ0n) is 12.3. The highest BCUT2D eigenvalue weighted by Gasteiger charge is 2.21. The quantitative estimate of drug-likeness (QED) is 0.557. The molecule has 0 aromatic carbocycles. The molecule has 0 spiro atoms. The van der Waals surface area contributed by atoms with Crippen molar-refractivity contribution in [1.82, 2.24) is 5.32 Å². The van der Waals surface area contributed by atoms with E-state index in [0.29, 0.717) is 17.6 Å². The van der Waals surface area contributed by atoms with Gasteiger partial charge in [0.2, 0.25) is 0 Å². The zero-order chi connectivity index (χ0) is 13.3. The Hall–Kier alpha value is -0.0300. The number of unbranched alkanes of at least 4 members (excludes halogenated alkanes) is 1. The maximum absolute atomic E-state index is 4.14. The summed E-state index contributed by atoms with van der Waals surface area (Å²) in [6.45, 7) is 13.3. The summed E-state index contributed by atoms with van der Waals surface area (Å²) in [5.41, 5.74) is 1.92. The van der Waals surface area contributed by atoms with Gasteiger partial charge in [0.15, 0.2) is 0 Å². The molecule has 0 rings (SSSR count). The normalized spacial score (nSPS) is 16.3. The molecule has 0 heterocycles. The Morgan fingerprint density at radius 1 is 1.24 bits per heavy atom. The SMILES string of the molecule is C=C(CCC)NC(CCCC)C(C)C(P)CC. The molecule has 102 valence electrons. The van der Waals surface area contributed by atoms with Crippen LogP contribution in [-0.2, 0) is 0 Å². The van der Waals surface area contributed by atoms with Gasteiger partial charge in [-0.25, -0.2) is 0 Å². The van der Waals surface area contributed by atoms with E-state index in [1.54, 1.807) is 0 Å². The molecule has 1 nitrogen and oxygen atoms in total. The van der Waals surface area contributed by atoms with Crippen molar-refractivity contribution in [3.8, 4) is 0 Å². The Balaban J connectivity index is 4.35. The molecular formula is C15H32NP. The maximum Gasteiger partial charge on any atom is 0.0289 e. The molecular weight excluding hydrogens is 225 g/mol. The Bertz CT molecular complexity index is 203. The fourth-order valence-electron chi connectivity index (χ4n) is 2.20. The second-order valence-corrected chi connectivity index (χ2v) is 6.03. The van der Waals surface area contributed by atoms with E-state index in [1.807, 2.05) is 0 Å². The van der Waals surface area contributed by atoms with Gasteiger partial charge in [0.25, 0.3) is 0 Å². The van der Waals surface area contributed by atoms with Gasteiger partial charge in [-0.1, -0.05) is 53.5 Å². The molecule has 0 aliphatic heterocycles. The predicted octanol–water partition coefficient (Wildman–Crippen LogP) is 4.74. The van der Waals surface area contributed by atoms with Crippen molar-refractivity contribution in [3.63, 3.8) is 0 Å². The van der Waals surface area contributed by atoms with E-state index in [2.05, 4.69) is 48.8 Å². The number of hydrogen-bond acceptors (Lipinski definition) is 1. The molecule has 0 aromatic heterocycles. The smallest absolute Gasteiger partial charge is 0.0289 e. The zero-order valence-corrected chi connectivity index (χ0v) is 13.4. The second-order valence-electron chi connectivity index (χ2n) is 5.18. The van der Waals surface area contributed by atoms with Crippen LogP contribution in [0.15, 0.2) is 12.3 Å². The minimum Gasteiger partial charge on any atom is -0.386 e. The molecule has 4 atom stereocenters. The lowest BCUT2D eigenvalue weighted by Crippen LogP contribution is -2.38. The molecule has 0 saturated carbocycles. The minimum absolute atomic E-state index is 0.594. The van der Waals surface area contributed by atoms with Gasteiger partial charge in [-0.3, -0.25) is 0 Å². The molecule has 0 aromatic rings. The van der Waals surface area contributed by atoms with Gasteiger partial charge in [0.05, 0.1) is 0 Å². The summed E-state index contributed by atoms with van der Waals surface area (Å²) in [5, 5.41) is 3.66. The van der Waals surface area contributed by atoms with Crippen LogP contribution in [0.4, 0.5) is 0 Å². The van der Waals surface area contributed by atoms with Gasteiger partial charge >= 0.3 is 0 Å². The van der Waals surface area contributed by atoms with Crippen LogP contribution in [-0.4, -0.2) is 11.7 Å². The molecule has 0 saturated heterocycles. The number of nitrogens with one attached hydrogen (secondary N) is 1. The first-order valence-electron chi connectivity index (χ1n) is 7.26. The Kier molecular flexibility index (Phi) is 9.93. The average molecular weight is 257 g/mol. The van der Waals surface area contributed by atoms with Gasteiger partial charge < -0.3 is 5.32 Å². The summed E-state index contributed by atoms with van der Waals surface area (Å²) in [4.78, 5) is 0. The van der Waals surface area contributed by atoms with Gasteiger partial charge in [-0.15, -0.1) is 9.24 Å². The van der Waals surface area contributed by atoms with Crippen molar-refractivity contribution in [2.24, 2.45) is 5.92 Å². The molecule has 17 heavy (non-hydrogen) atoms. The first kappa shape index (κ1) is 17.0. The fraction of sp³-hybridized carbons (Fsp3) is 0.867.